The first-order valence-electron chi connectivity index (χ1n) is 7.94. The summed E-state index contributed by atoms with van der Waals surface area (Å²) in [6, 6.07) is 8.01. The van der Waals surface area contributed by atoms with Gasteiger partial charge in [-0.25, -0.2) is 0 Å². The van der Waals surface area contributed by atoms with Crippen molar-refractivity contribution in [3.8, 4) is 0 Å². The van der Waals surface area contributed by atoms with Gasteiger partial charge in [0.2, 0.25) is 0 Å². The molecule has 1 heterocycles. The summed E-state index contributed by atoms with van der Waals surface area (Å²) in [7, 11) is 1.45. The molecular formula is C17H24BNO3. The summed E-state index contributed by atoms with van der Waals surface area (Å²) in [5.74, 6) is 0.0702. The second kappa shape index (κ2) is 5.10. The molecule has 1 saturated heterocycles. The van der Waals surface area contributed by atoms with Crippen molar-refractivity contribution in [2.75, 3.05) is 7.05 Å². The van der Waals surface area contributed by atoms with Gasteiger partial charge in [0.1, 0.15) is 0 Å². The lowest BCUT2D eigenvalue weighted by Crippen LogP contribution is -2.41. The number of hydrogen-bond acceptors (Lipinski definition) is 3. The van der Waals surface area contributed by atoms with E-state index in [4.69, 9.17) is 9.31 Å². The molecule has 0 aromatic heterocycles. The number of rotatable bonds is 3. The van der Waals surface area contributed by atoms with Crippen LogP contribution >= 0.6 is 0 Å². The molecule has 1 saturated carbocycles. The van der Waals surface area contributed by atoms with Crippen LogP contribution in [-0.2, 0) is 9.31 Å². The lowest BCUT2D eigenvalue weighted by Gasteiger charge is -2.32. The molecule has 1 amide bonds. The van der Waals surface area contributed by atoms with Gasteiger partial charge in [0.15, 0.2) is 0 Å². The van der Waals surface area contributed by atoms with Crippen molar-refractivity contribution in [2.45, 2.75) is 57.8 Å². The maximum absolute atomic E-state index is 12.5. The summed E-state index contributed by atoms with van der Waals surface area (Å²) in [5, 5.41) is 0. The van der Waals surface area contributed by atoms with Crippen LogP contribution in [0.4, 0.5) is 0 Å². The van der Waals surface area contributed by atoms with Gasteiger partial charge in [-0.05, 0) is 58.1 Å². The smallest absolute Gasteiger partial charge is 0.399 e. The van der Waals surface area contributed by atoms with Gasteiger partial charge in [0.25, 0.3) is 5.91 Å². The third-order valence-electron chi connectivity index (χ3n) is 5.07. The molecule has 0 unspecified atom stereocenters. The van der Waals surface area contributed by atoms with Gasteiger partial charge in [-0.15, -0.1) is 0 Å². The highest BCUT2D eigenvalue weighted by Gasteiger charge is 2.51. The molecule has 3 rings (SSSR count). The van der Waals surface area contributed by atoms with Crippen molar-refractivity contribution in [1.29, 1.82) is 0 Å². The number of hydrogen-bond donors (Lipinski definition) is 0. The number of benzene rings is 1. The van der Waals surface area contributed by atoms with Crippen LogP contribution in [0.15, 0.2) is 24.3 Å². The minimum Gasteiger partial charge on any atom is -0.399 e. The van der Waals surface area contributed by atoms with E-state index in [9.17, 15) is 4.79 Å². The van der Waals surface area contributed by atoms with E-state index in [0.29, 0.717) is 11.6 Å². The highest BCUT2D eigenvalue weighted by molar-refractivity contribution is 6.62. The Kier molecular flexibility index (Phi) is 3.61. The second-order valence-corrected chi connectivity index (χ2v) is 7.36. The number of amides is 1. The van der Waals surface area contributed by atoms with Crippen LogP contribution in [0.3, 0.4) is 0 Å². The average molecular weight is 301 g/mol. The predicted octanol–water partition coefficient (Wildman–Crippen LogP) is 2.22. The Labute approximate surface area is 132 Å². The zero-order valence-electron chi connectivity index (χ0n) is 14.1. The van der Waals surface area contributed by atoms with Crippen LogP contribution in [0.1, 0.15) is 50.9 Å². The van der Waals surface area contributed by atoms with Gasteiger partial charge < -0.3 is 14.2 Å². The van der Waals surface area contributed by atoms with E-state index in [1.807, 2.05) is 63.9 Å². The Morgan fingerprint density at radius 1 is 1.18 bits per heavy atom. The molecule has 118 valence electrons. The summed E-state index contributed by atoms with van der Waals surface area (Å²) in [6.45, 7) is 8.12. The molecule has 1 aliphatic heterocycles. The van der Waals surface area contributed by atoms with Gasteiger partial charge >= 0.3 is 7.12 Å². The van der Waals surface area contributed by atoms with Crippen LogP contribution in [0.2, 0.25) is 0 Å². The van der Waals surface area contributed by atoms with E-state index in [1.54, 1.807) is 0 Å². The minimum atomic E-state index is -0.427. The van der Waals surface area contributed by atoms with Crippen LogP contribution in [0.5, 0.6) is 0 Å². The molecule has 0 spiro atoms. The van der Waals surface area contributed by atoms with Crippen LogP contribution in [0, 0.1) is 0 Å². The number of carbonyl (C=O) groups excluding carboxylic acids is 1. The zero-order valence-corrected chi connectivity index (χ0v) is 14.1. The first-order chi connectivity index (χ1) is 10.2. The van der Waals surface area contributed by atoms with Gasteiger partial charge in [0, 0.05) is 18.7 Å². The van der Waals surface area contributed by atoms with Crippen molar-refractivity contribution < 1.29 is 14.1 Å². The molecular weight excluding hydrogens is 277 g/mol. The predicted molar refractivity (Wildman–Crippen MR) is 87.3 cm³/mol. The summed E-state index contributed by atoms with van der Waals surface area (Å²) < 4.78 is 12.1. The largest absolute Gasteiger partial charge is 0.494 e. The Morgan fingerprint density at radius 3 is 2.32 bits per heavy atom. The average Bonchev–Trinajstić information content (AvgIpc) is 3.26. The summed E-state index contributed by atoms with van der Waals surface area (Å²) in [4.78, 5) is 14.3. The van der Waals surface area contributed by atoms with Crippen molar-refractivity contribution in [3.63, 3.8) is 0 Å². The minimum absolute atomic E-state index is 0.0702. The summed E-state index contributed by atoms with van der Waals surface area (Å²) in [6.07, 6.45) is 2.22. The SMILES string of the molecule is CN(C(=O)c1cccc(B2OC(C)(C)C(C)(C)O2)c1)C1CC1. The summed E-state index contributed by atoms with van der Waals surface area (Å²) >= 11 is 0. The lowest BCUT2D eigenvalue weighted by atomic mass is 9.78. The highest BCUT2D eigenvalue weighted by atomic mass is 16.7. The molecule has 2 fully saturated rings. The quantitative estimate of drug-likeness (QED) is 0.804. The van der Waals surface area contributed by atoms with E-state index in [0.717, 1.165) is 18.3 Å². The van der Waals surface area contributed by atoms with Gasteiger partial charge in [-0.1, -0.05) is 12.1 Å². The Morgan fingerprint density at radius 2 is 1.77 bits per heavy atom. The Bertz CT molecular complexity index is 579. The first kappa shape index (κ1) is 15.6. The van der Waals surface area contributed by atoms with E-state index in [1.165, 1.54) is 0 Å². The second-order valence-electron chi connectivity index (χ2n) is 7.36. The molecule has 4 nitrogen and oxygen atoms in total. The Hall–Kier alpha value is -1.33. The molecule has 0 bridgehead atoms. The summed E-state index contributed by atoms with van der Waals surface area (Å²) in [5.41, 5.74) is 0.848. The van der Waals surface area contributed by atoms with Gasteiger partial charge in [0.05, 0.1) is 11.2 Å². The monoisotopic (exact) mass is 301 g/mol. The fourth-order valence-corrected chi connectivity index (χ4v) is 2.63. The maximum atomic E-state index is 12.5. The van der Waals surface area contributed by atoms with Crippen LogP contribution in [0.25, 0.3) is 0 Å². The maximum Gasteiger partial charge on any atom is 0.494 e. The molecule has 0 radical (unpaired) electrons. The van der Waals surface area contributed by atoms with Crippen molar-refractivity contribution >= 4 is 18.5 Å². The van der Waals surface area contributed by atoms with Crippen LogP contribution in [-0.4, -0.2) is 42.2 Å². The molecule has 5 heteroatoms. The standard InChI is InChI=1S/C17H24BNO3/c1-16(2)17(3,4)22-18(21-16)13-8-6-7-12(11-13)15(20)19(5)14-9-10-14/h6-8,11,14H,9-10H2,1-5H3. The van der Waals surface area contributed by atoms with E-state index >= 15 is 0 Å². The third kappa shape index (κ3) is 2.68. The fourth-order valence-electron chi connectivity index (χ4n) is 2.63. The van der Waals surface area contributed by atoms with E-state index < -0.39 is 7.12 Å². The van der Waals surface area contributed by atoms with Crippen molar-refractivity contribution in [3.05, 3.63) is 29.8 Å². The van der Waals surface area contributed by atoms with E-state index in [-0.39, 0.29) is 17.1 Å². The van der Waals surface area contributed by atoms with Gasteiger partial charge in [-0.3, -0.25) is 4.79 Å². The molecule has 1 aromatic rings. The van der Waals surface area contributed by atoms with E-state index in [2.05, 4.69) is 0 Å². The number of carbonyl (C=O) groups is 1. The molecule has 22 heavy (non-hydrogen) atoms. The molecule has 0 atom stereocenters. The first-order valence-corrected chi connectivity index (χ1v) is 7.94. The van der Waals surface area contributed by atoms with Crippen molar-refractivity contribution in [1.82, 2.24) is 4.90 Å². The normalized spacial score (nSPS) is 22.7. The zero-order chi connectivity index (χ0) is 16.1. The Balaban J connectivity index is 1.81. The highest BCUT2D eigenvalue weighted by Crippen LogP contribution is 2.36. The van der Waals surface area contributed by atoms with Crippen LogP contribution < -0.4 is 5.46 Å². The van der Waals surface area contributed by atoms with Crippen molar-refractivity contribution in [2.24, 2.45) is 0 Å². The topological polar surface area (TPSA) is 38.8 Å². The molecule has 1 aromatic carbocycles. The molecule has 2 aliphatic rings. The van der Waals surface area contributed by atoms with Gasteiger partial charge in [-0.2, -0.15) is 0 Å². The number of nitrogens with zero attached hydrogens (tertiary/aromatic N) is 1. The molecule has 1 aliphatic carbocycles. The fraction of sp³-hybridized carbons (Fsp3) is 0.588. The molecule has 0 N–H and O–H groups in total. The third-order valence-corrected chi connectivity index (χ3v) is 5.07. The lowest BCUT2D eigenvalue weighted by molar-refractivity contribution is 0.00578.